The maximum atomic E-state index is 4.16. The molecule has 0 saturated carbocycles. The summed E-state index contributed by atoms with van der Waals surface area (Å²) in [4.78, 5) is 5.48. The summed E-state index contributed by atoms with van der Waals surface area (Å²) in [6.07, 6.45) is 4.30. The quantitative estimate of drug-likeness (QED) is 0.883. The van der Waals surface area contributed by atoms with Crippen molar-refractivity contribution in [2.24, 2.45) is 0 Å². The first-order valence-corrected chi connectivity index (χ1v) is 7.59. The van der Waals surface area contributed by atoms with E-state index in [4.69, 9.17) is 0 Å². The summed E-state index contributed by atoms with van der Waals surface area (Å²) in [5, 5.41) is 7.48. The smallest absolute Gasteiger partial charge is 0.0794 e. The van der Waals surface area contributed by atoms with Gasteiger partial charge in [-0.05, 0) is 47.5 Å². The maximum absolute atomic E-state index is 4.16. The van der Waals surface area contributed by atoms with E-state index in [9.17, 15) is 0 Å². The molecule has 102 valence electrons. The zero-order valence-corrected chi connectivity index (χ0v) is 12.9. The van der Waals surface area contributed by atoms with E-state index in [0.29, 0.717) is 12.1 Å². The second-order valence-corrected chi connectivity index (χ2v) is 7.71. The van der Waals surface area contributed by atoms with Crippen LogP contribution in [-0.2, 0) is 0 Å². The molecule has 0 spiro atoms. The second kappa shape index (κ2) is 4.91. The lowest BCUT2D eigenvalue weighted by Crippen LogP contribution is -2.61. The van der Waals surface area contributed by atoms with Crippen LogP contribution in [-0.4, -0.2) is 22.1 Å². The topological polar surface area (TPSA) is 37.0 Å². The van der Waals surface area contributed by atoms with E-state index in [2.05, 4.69) is 50.2 Å². The number of piperidine rings is 1. The second-order valence-electron chi connectivity index (χ2n) is 6.79. The van der Waals surface area contributed by atoms with Gasteiger partial charge >= 0.3 is 0 Å². The lowest BCUT2D eigenvalue weighted by Gasteiger charge is -2.47. The Labute approximate surface area is 114 Å². The fraction of sp³-hybridized carbons (Fsp3) is 0.786. The van der Waals surface area contributed by atoms with Crippen molar-refractivity contribution in [1.29, 1.82) is 0 Å². The van der Waals surface area contributed by atoms with Crippen molar-refractivity contribution in [3.8, 4) is 0 Å². The summed E-state index contributed by atoms with van der Waals surface area (Å²) in [5.74, 6) is 0. The number of nitrogens with one attached hydrogen (secondary N) is 2. The molecular formula is C14H25N3S. The van der Waals surface area contributed by atoms with Gasteiger partial charge in [0, 0.05) is 34.2 Å². The normalized spacial score (nSPS) is 24.9. The largest absolute Gasteiger partial charge is 0.307 e. The molecule has 3 nitrogen and oxygen atoms in total. The summed E-state index contributed by atoms with van der Waals surface area (Å²) in [5.41, 5.74) is 2.31. The van der Waals surface area contributed by atoms with Gasteiger partial charge in [0.15, 0.2) is 0 Å². The van der Waals surface area contributed by atoms with Crippen LogP contribution in [0.25, 0.3) is 0 Å². The highest BCUT2D eigenvalue weighted by atomic mass is 32.1. The van der Waals surface area contributed by atoms with Gasteiger partial charge in [-0.25, -0.2) is 0 Å². The van der Waals surface area contributed by atoms with Gasteiger partial charge in [0.05, 0.1) is 5.51 Å². The van der Waals surface area contributed by atoms with Crippen molar-refractivity contribution in [3.63, 3.8) is 0 Å². The maximum Gasteiger partial charge on any atom is 0.0794 e. The minimum Gasteiger partial charge on any atom is -0.307 e. The fourth-order valence-corrected chi connectivity index (χ4v) is 3.95. The first kappa shape index (κ1) is 14.0. The van der Waals surface area contributed by atoms with Crippen LogP contribution in [0.4, 0.5) is 0 Å². The molecule has 2 rings (SSSR count). The van der Waals surface area contributed by atoms with Crippen LogP contribution in [0.2, 0.25) is 0 Å². The SMILES string of the molecule is CC(NC1CC(C)(C)NC(C)(C)C1)c1cncs1. The van der Waals surface area contributed by atoms with Crippen molar-refractivity contribution in [2.75, 3.05) is 0 Å². The van der Waals surface area contributed by atoms with Crippen LogP contribution < -0.4 is 10.6 Å². The molecule has 1 aromatic rings. The highest BCUT2D eigenvalue weighted by Gasteiger charge is 2.37. The highest BCUT2D eigenvalue weighted by molar-refractivity contribution is 7.09. The van der Waals surface area contributed by atoms with Crippen molar-refractivity contribution in [1.82, 2.24) is 15.6 Å². The first-order valence-electron chi connectivity index (χ1n) is 6.71. The van der Waals surface area contributed by atoms with Crippen molar-refractivity contribution >= 4 is 11.3 Å². The van der Waals surface area contributed by atoms with Gasteiger partial charge < -0.3 is 10.6 Å². The first-order chi connectivity index (χ1) is 8.27. The Balaban J connectivity index is 2.01. The third kappa shape index (κ3) is 3.53. The van der Waals surface area contributed by atoms with Crippen molar-refractivity contribution in [3.05, 3.63) is 16.6 Å². The summed E-state index contributed by atoms with van der Waals surface area (Å²) >= 11 is 1.73. The minimum atomic E-state index is 0.201. The van der Waals surface area contributed by atoms with Crippen LogP contribution in [0.5, 0.6) is 0 Å². The number of hydrogen-bond acceptors (Lipinski definition) is 4. The molecule has 0 bridgehead atoms. The number of aromatic nitrogens is 1. The summed E-state index contributed by atoms with van der Waals surface area (Å²) in [6.45, 7) is 11.4. The van der Waals surface area contributed by atoms with Gasteiger partial charge in [0.2, 0.25) is 0 Å². The molecule has 1 aliphatic rings. The Morgan fingerprint density at radius 3 is 2.44 bits per heavy atom. The van der Waals surface area contributed by atoms with Gasteiger partial charge in [0.25, 0.3) is 0 Å². The van der Waals surface area contributed by atoms with Gasteiger partial charge in [-0.3, -0.25) is 4.98 Å². The molecule has 1 fully saturated rings. The molecule has 0 aromatic carbocycles. The molecule has 0 aliphatic carbocycles. The molecule has 18 heavy (non-hydrogen) atoms. The Bertz CT molecular complexity index is 368. The Morgan fingerprint density at radius 2 is 1.94 bits per heavy atom. The average Bonchev–Trinajstić information content (AvgIpc) is 2.63. The standard InChI is InChI=1S/C14H25N3S/c1-10(12-8-15-9-18-12)16-11-6-13(2,3)17-14(4,5)7-11/h8-11,16-17H,6-7H2,1-5H3. The molecule has 1 atom stereocenters. The van der Waals surface area contributed by atoms with Gasteiger partial charge in [0.1, 0.15) is 0 Å². The number of rotatable bonds is 3. The molecule has 2 heterocycles. The molecule has 4 heteroatoms. The third-order valence-electron chi connectivity index (χ3n) is 3.55. The Hall–Kier alpha value is -0.450. The molecule has 2 N–H and O–H groups in total. The molecule has 1 saturated heterocycles. The van der Waals surface area contributed by atoms with Crippen LogP contribution in [0.15, 0.2) is 11.7 Å². The van der Waals surface area contributed by atoms with Crippen molar-refractivity contribution < 1.29 is 0 Å². The van der Waals surface area contributed by atoms with E-state index in [0.717, 1.165) is 0 Å². The molecular weight excluding hydrogens is 242 g/mol. The van der Waals surface area contributed by atoms with Crippen molar-refractivity contribution in [2.45, 2.75) is 70.6 Å². The van der Waals surface area contributed by atoms with E-state index in [1.54, 1.807) is 11.3 Å². The molecule has 0 radical (unpaired) electrons. The fourth-order valence-electron chi connectivity index (χ4n) is 3.32. The third-order valence-corrected chi connectivity index (χ3v) is 4.51. The van der Waals surface area contributed by atoms with Crippen LogP contribution in [0.1, 0.15) is 58.4 Å². The number of nitrogens with zero attached hydrogens (tertiary/aromatic N) is 1. The van der Waals surface area contributed by atoms with Gasteiger partial charge in [-0.15, -0.1) is 11.3 Å². The van der Waals surface area contributed by atoms with E-state index in [1.807, 2.05) is 11.7 Å². The van der Waals surface area contributed by atoms with Gasteiger partial charge in [-0.2, -0.15) is 0 Å². The van der Waals surface area contributed by atoms with Crippen LogP contribution in [0, 0.1) is 0 Å². The zero-order chi connectivity index (χ0) is 13.4. The molecule has 1 aromatic heterocycles. The monoisotopic (exact) mass is 267 g/mol. The summed E-state index contributed by atoms with van der Waals surface area (Å²) in [6, 6.07) is 0.959. The predicted octanol–water partition coefficient (Wildman–Crippen LogP) is 3.10. The van der Waals surface area contributed by atoms with Crippen LogP contribution >= 0.6 is 11.3 Å². The van der Waals surface area contributed by atoms with E-state index < -0.39 is 0 Å². The van der Waals surface area contributed by atoms with E-state index in [-0.39, 0.29) is 11.1 Å². The molecule has 0 amide bonds. The van der Waals surface area contributed by atoms with Gasteiger partial charge in [-0.1, -0.05) is 0 Å². The lowest BCUT2D eigenvalue weighted by molar-refractivity contribution is 0.141. The van der Waals surface area contributed by atoms with E-state index >= 15 is 0 Å². The zero-order valence-electron chi connectivity index (χ0n) is 12.1. The highest BCUT2D eigenvalue weighted by Crippen LogP contribution is 2.30. The lowest BCUT2D eigenvalue weighted by atomic mass is 9.79. The minimum absolute atomic E-state index is 0.201. The summed E-state index contributed by atoms with van der Waals surface area (Å²) < 4.78 is 0. The van der Waals surface area contributed by atoms with Crippen LogP contribution in [0.3, 0.4) is 0 Å². The Morgan fingerprint density at radius 1 is 1.33 bits per heavy atom. The Kier molecular flexibility index (Phi) is 3.81. The average molecular weight is 267 g/mol. The van der Waals surface area contributed by atoms with E-state index in [1.165, 1.54) is 17.7 Å². The number of hydrogen-bond donors (Lipinski definition) is 2. The number of thiazole rings is 1. The summed E-state index contributed by atoms with van der Waals surface area (Å²) in [7, 11) is 0. The molecule has 1 unspecified atom stereocenters. The molecule has 1 aliphatic heterocycles. The predicted molar refractivity (Wildman–Crippen MR) is 78.0 cm³/mol.